The third-order valence-corrected chi connectivity index (χ3v) is 3.83. The molecule has 0 spiro atoms. The Hall–Kier alpha value is -4.27. The normalized spacial score (nSPS) is 11.0. The number of benzene rings is 1. The van der Waals surface area contributed by atoms with Crippen LogP contribution in [0, 0.1) is 10.1 Å². The molecule has 138 valence electrons. The van der Waals surface area contributed by atoms with Crippen LogP contribution in [-0.4, -0.2) is 25.9 Å². The number of nitro groups is 1. The summed E-state index contributed by atoms with van der Waals surface area (Å²) in [6, 6.07) is 15.9. The number of hydrogen-bond acceptors (Lipinski definition) is 7. The number of furan rings is 1. The van der Waals surface area contributed by atoms with Gasteiger partial charge in [0.05, 0.1) is 29.9 Å². The summed E-state index contributed by atoms with van der Waals surface area (Å²) in [5.41, 5.74) is 5.51. The Labute approximate surface area is 159 Å². The number of anilines is 1. The summed E-state index contributed by atoms with van der Waals surface area (Å²) in [6.45, 7) is 0. The van der Waals surface area contributed by atoms with Gasteiger partial charge in [0.2, 0.25) is 0 Å². The minimum atomic E-state index is -0.588. The van der Waals surface area contributed by atoms with E-state index < -0.39 is 4.92 Å². The van der Waals surface area contributed by atoms with Gasteiger partial charge in [0.15, 0.2) is 5.76 Å². The molecule has 28 heavy (non-hydrogen) atoms. The lowest BCUT2D eigenvalue weighted by molar-refractivity contribution is -0.401. The molecular weight excluding hydrogens is 360 g/mol. The maximum atomic E-state index is 10.9. The van der Waals surface area contributed by atoms with Crippen LogP contribution in [0.3, 0.4) is 0 Å². The number of nitrogens with one attached hydrogen (secondary N) is 1. The molecular formula is C19H14N6O3. The predicted molar refractivity (Wildman–Crippen MR) is 103 cm³/mol. The Kier molecular flexibility index (Phi) is 4.62. The molecule has 0 atom stereocenters. The number of nitrogens with zero attached hydrogens (tertiary/aromatic N) is 5. The Morgan fingerprint density at radius 2 is 2.00 bits per heavy atom. The van der Waals surface area contributed by atoms with Gasteiger partial charge in [0.25, 0.3) is 0 Å². The zero-order valence-corrected chi connectivity index (χ0v) is 14.5. The molecule has 0 saturated heterocycles. The summed E-state index contributed by atoms with van der Waals surface area (Å²) in [5.74, 6) is -0.0650. The van der Waals surface area contributed by atoms with E-state index in [-0.39, 0.29) is 11.6 Å². The Morgan fingerprint density at radius 3 is 2.71 bits per heavy atom. The summed E-state index contributed by atoms with van der Waals surface area (Å²) in [5, 5.41) is 19.7. The van der Waals surface area contributed by atoms with Crippen molar-refractivity contribution >= 4 is 17.8 Å². The van der Waals surface area contributed by atoms with Crippen LogP contribution < -0.4 is 5.43 Å². The Balaban J connectivity index is 1.70. The standard InChI is InChI=1S/C19H14N6O3/c26-25(27)18-9-8-17(28-18)19-14(11-21-22-15-5-4-10-20-12-15)13-24(23-19)16-6-2-1-3-7-16/h1-13,22H. The minimum absolute atomic E-state index is 0.282. The second-order valence-electron chi connectivity index (χ2n) is 5.72. The van der Waals surface area contributed by atoms with Crippen molar-refractivity contribution in [3.8, 4) is 17.1 Å². The fourth-order valence-electron chi connectivity index (χ4n) is 2.54. The molecule has 0 unspecified atom stereocenters. The van der Waals surface area contributed by atoms with E-state index in [4.69, 9.17) is 4.42 Å². The maximum Gasteiger partial charge on any atom is 0.433 e. The molecule has 4 aromatic rings. The lowest BCUT2D eigenvalue weighted by atomic mass is 10.2. The van der Waals surface area contributed by atoms with Crippen molar-refractivity contribution in [1.29, 1.82) is 0 Å². The zero-order valence-electron chi connectivity index (χ0n) is 14.5. The minimum Gasteiger partial charge on any atom is -0.399 e. The maximum absolute atomic E-state index is 10.9. The number of rotatable bonds is 6. The number of hydrazone groups is 1. The van der Waals surface area contributed by atoms with E-state index in [2.05, 4.69) is 20.6 Å². The highest BCUT2D eigenvalue weighted by molar-refractivity contribution is 5.88. The predicted octanol–water partition coefficient (Wildman–Crippen LogP) is 3.88. The molecule has 1 aromatic carbocycles. The Morgan fingerprint density at radius 1 is 1.14 bits per heavy atom. The summed E-state index contributed by atoms with van der Waals surface area (Å²) in [6.07, 6.45) is 6.65. The molecule has 0 aliphatic heterocycles. The molecule has 0 saturated carbocycles. The van der Waals surface area contributed by atoms with Crippen molar-refractivity contribution in [1.82, 2.24) is 14.8 Å². The molecule has 0 aliphatic rings. The van der Waals surface area contributed by atoms with Crippen LogP contribution in [0.4, 0.5) is 11.6 Å². The quantitative estimate of drug-likeness (QED) is 0.311. The number of para-hydroxylation sites is 1. The Bertz CT molecular complexity index is 1120. The second kappa shape index (κ2) is 7.54. The SMILES string of the molecule is O=[N+]([O-])c1ccc(-c2nn(-c3ccccc3)cc2C=NNc2cccnc2)o1. The van der Waals surface area contributed by atoms with E-state index in [0.717, 1.165) is 11.4 Å². The fourth-order valence-corrected chi connectivity index (χ4v) is 2.54. The van der Waals surface area contributed by atoms with Crippen LogP contribution in [0.5, 0.6) is 0 Å². The largest absolute Gasteiger partial charge is 0.433 e. The van der Waals surface area contributed by atoms with Gasteiger partial charge >= 0.3 is 5.88 Å². The van der Waals surface area contributed by atoms with Gasteiger partial charge in [-0.1, -0.05) is 18.2 Å². The molecule has 9 nitrogen and oxygen atoms in total. The van der Waals surface area contributed by atoms with Crippen molar-refractivity contribution in [2.24, 2.45) is 5.10 Å². The van der Waals surface area contributed by atoms with Gasteiger partial charge in [-0.15, -0.1) is 0 Å². The van der Waals surface area contributed by atoms with Gasteiger partial charge in [-0.2, -0.15) is 10.2 Å². The molecule has 0 amide bonds. The van der Waals surface area contributed by atoms with Crippen LogP contribution in [0.2, 0.25) is 0 Å². The first-order chi connectivity index (χ1) is 13.7. The number of aromatic nitrogens is 3. The number of pyridine rings is 1. The van der Waals surface area contributed by atoms with Gasteiger partial charge in [-0.25, -0.2) is 4.68 Å². The highest BCUT2D eigenvalue weighted by Crippen LogP contribution is 2.27. The highest BCUT2D eigenvalue weighted by atomic mass is 16.6. The second-order valence-corrected chi connectivity index (χ2v) is 5.72. The lowest BCUT2D eigenvalue weighted by Gasteiger charge is -1.98. The molecule has 0 bridgehead atoms. The molecule has 0 radical (unpaired) electrons. The van der Waals surface area contributed by atoms with Gasteiger partial charge in [0, 0.05) is 18.0 Å². The number of hydrogen-bond donors (Lipinski definition) is 1. The van der Waals surface area contributed by atoms with Crippen molar-refractivity contribution in [2.45, 2.75) is 0 Å². The molecule has 3 heterocycles. The summed E-state index contributed by atoms with van der Waals surface area (Å²) >= 11 is 0. The summed E-state index contributed by atoms with van der Waals surface area (Å²) in [7, 11) is 0. The van der Waals surface area contributed by atoms with Crippen molar-refractivity contribution < 1.29 is 9.34 Å². The van der Waals surface area contributed by atoms with Crippen LogP contribution in [0.25, 0.3) is 17.1 Å². The average Bonchev–Trinajstić information content (AvgIpc) is 3.37. The van der Waals surface area contributed by atoms with Crippen molar-refractivity contribution in [3.63, 3.8) is 0 Å². The van der Waals surface area contributed by atoms with E-state index >= 15 is 0 Å². The van der Waals surface area contributed by atoms with Crippen LogP contribution in [0.15, 0.2) is 82.7 Å². The van der Waals surface area contributed by atoms with Gasteiger partial charge in [-0.3, -0.25) is 20.5 Å². The first-order valence-corrected chi connectivity index (χ1v) is 8.29. The first kappa shape index (κ1) is 17.2. The third-order valence-electron chi connectivity index (χ3n) is 3.83. The highest BCUT2D eigenvalue weighted by Gasteiger charge is 2.18. The zero-order chi connectivity index (χ0) is 19.3. The monoisotopic (exact) mass is 374 g/mol. The summed E-state index contributed by atoms with van der Waals surface area (Å²) < 4.78 is 6.98. The molecule has 0 fully saturated rings. The van der Waals surface area contributed by atoms with Crippen LogP contribution >= 0.6 is 0 Å². The fraction of sp³-hybridized carbons (Fsp3) is 0. The first-order valence-electron chi connectivity index (χ1n) is 8.29. The van der Waals surface area contributed by atoms with Gasteiger partial charge in [0.1, 0.15) is 10.6 Å². The molecule has 1 N–H and O–H groups in total. The third kappa shape index (κ3) is 3.63. The summed E-state index contributed by atoms with van der Waals surface area (Å²) in [4.78, 5) is 14.3. The molecule has 4 rings (SSSR count). The van der Waals surface area contributed by atoms with Crippen LogP contribution in [0.1, 0.15) is 5.56 Å². The smallest absolute Gasteiger partial charge is 0.399 e. The average molecular weight is 374 g/mol. The van der Waals surface area contributed by atoms with E-state index in [1.807, 2.05) is 36.4 Å². The van der Waals surface area contributed by atoms with E-state index in [1.165, 1.54) is 12.1 Å². The van der Waals surface area contributed by atoms with E-state index in [0.29, 0.717) is 11.3 Å². The van der Waals surface area contributed by atoms with Gasteiger partial charge < -0.3 is 4.42 Å². The lowest BCUT2D eigenvalue weighted by Crippen LogP contribution is -1.93. The van der Waals surface area contributed by atoms with Crippen molar-refractivity contribution in [3.05, 3.63) is 88.9 Å². The molecule has 3 aromatic heterocycles. The topological polar surface area (TPSA) is 111 Å². The molecule has 0 aliphatic carbocycles. The van der Waals surface area contributed by atoms with Crippen LogP contribution in [-0.2, 0) is 0 Å². The van der Waals surface area contributed by atoms with Gasteiger partial charge in [-0.05, 0) is 30.3 Å². The van der Waals surface area contributed by atoms with E-state index in [1.54, 1.807) is 35.6 Å². The van der Waals surface area contributed by atoms with E-state index in [9.17, 15) is 10.1 Å². The van der Waals surface area contributed by atoms with Crippen molar-refractivity contribution in [2.75, 3.05) is 5.43 Å². The molecule has 9 heteroatoms.